The lowest BCUT2D eigenvalue weighted by Crippen LogP contribution is -2.38. The van der Waals surface area contributed by atoms with Crippen molar-refractivity contribution in [1.29, 1.82) is 0 Å². The van der Waals surface area contributed by atoms with E-state index in [2.05, 4.69) is 40.6 Å². The van der Waals surface area contributed by atoms with Crippen molar-refractivity contribution in [2.24, 2.45) is 4.99 Å². The van der Waals surface area contributed by atoms with E-state index in [0.29, 0.717) is 0 Å². The van der Waals surface area contributed by atoms with Crippen LogP contribution < -0.4 is 10.6 Å². The van der Waals surface area contributed by atoms with Crippen molar-refractivity contribution in [2.45, 2.75) is 57.9 Å². The molecule has 1 aliphatic carbocycles. The minimum atomic E-state index is 0.794. The zero-order valence-electron chi connectivity index (χ0n) is 16.0. The molecule has 0 saturated heterocycles. The van der Waals surface area contributed by atoms with Crippen molar-refractivity contribution in [2.75, 3.05) is 33.2 Å². The van der Waals surface area contributed by atoms with Gasteiger partial charge in [0.05, 0.1) is 0 Å². The van der Waals surface area contributed by atoms with E-state index in [4.69, 9.17) is 4.99 Å². The third kappa shape index (κ3) is 7.86. The van der Waals surface area contributed by atoms with Crippen LogP contribution in [0, 0.1) is 0 Å². The monoisotopic (exact) mass is 345 g/mol. The molecule has 2 rings (SSSR count). The number of nitrogens with one attached hydrogen (secondary N) is 2. The number of pyridine rings is 1. The molecule has 5 nitrogen and oxygen atoms in total. The maximum atomic E-state index is 4.71. The predicted octanol–water partition coefficient (Wildman–Crippen LogP) is 2.83. The molecular formula is C20H35N5. The molecule has 5 heteroatoms. The number of rotatable bonds is 9. The van der Waals surface area contributed by atoms with Gasteiger partial charge in [-0.2, -0.15) is 0 Å². The second kappa shape index (κ2) is 11.9. The molecule has 0 aliphatic heterocycles. The van der Waals surface area contributed by atoms with Gasteiger partial charge in [0, 0.05) is 44.0 Å². The first kappa shape index (κ1) is 19.7. The Hall–Kier alpha value is -1.62. The third-order valence-corrected chi connectivity index (χ3v) is 4.88. The van der Waals surface area contributed by atoms with Crippen LogP contribution in [-0.2, 0) is 6.42 Å². The summed E-state index contributed by atoms with van der Waals surface area (Å²) in [7, 11) is 2.27. The second-order valence-electron chi connectivity index (χ2n) is 6.88. The van der Waals surface area contributed by atoms with Crippen LogP contribution in [0.25, 0.3) is 0 Å². The molecule has 0 aromatic carbocycles. The molecule has 0 atom stereocenters. The molecule has 1 saturated carbocycles. The highest BCUT2D eigenvalue weighted by molar-refractivity contribution is 5.79. The Labute approximate surface area is 153 Å². The summed E-state index contributed by atoms with van der Waals surface area (Å²) in [6.45, 7) is 5.85. The molecule has 1 aliphatic rings. The molecule has 1 aromatic rings. The summed E-state index contributed by atoms with van der Waals surface area (Å²) in [6.07, 6.45) is 10.8. The molecule has 1 fully saturated rings. The minimum Gasteiger partial charge on any atom is -0.357 e. The van der Waals surface area contributed by atoms with Crippen molar-refractivity contribution < 1.29 is 0 Å². The standard InChI is InChI=1S/C20H35N5/c1-3-21-20(24-16-13-18-10-7-8-14-22-18)23-15-9-17-25(2)19-11-5-4-6-12-19/h7-8,10,14,19H,3-6,9,11-13,15-17H2,1-2H3,(H2,21,23,24). The molecule has 25 heavy (non-hydrogen) atoms. The molecule has 0 radical (unpaired) electrons. The predicted molar refractivity (Wildman–Crippen MR) is 106 cm³/mol. The van der Waals surface area contributed by atoms with Crippen LogP contribution in [0.4, 0.5) is 0 Å². The Morgan fingerprint density at radius 1 is 1.24 bits per heavy atom. The molecule has 140 valence electrons. The largest absolute Gasteiger partial charge is 0.357 e. The average molecular weight is 346 g/mol. The first-order chi connectivity index (χ1) is 12.3. The Bertz CT molecular complexity index is 482. The molecule has 0 unspecified atom stereocenters. The third-order valence-electron chi connectivity index (χ3n) is 4.88. The number of aromatic nitrogens is 1. The van der Waals surface area contributed by atoms with Gasteiger partial charge in [0.15, 0.2) is 5.96 Å². The van der Waals surface area contributed by atoms with E-state index in [9.17, 15) is 0 Å². The van der Waals surface area contributed by atoms with Gasteiger partial charge in [-0.3, -0.25) is 9.98 Å². The molecule has 1 aromatic heterocycles. The second-order valence-corrected chi connectivity index (χ2v) is 6.88. The van der Waals surface area contributed by atoms with E-state index in [1.165, 1.54) is 32.1 Å². The van der Waals surface area contributed by atoms with Gasteiger partial charge in [0.25, 0.3) is 0 Å². The fraction of sp³-hybridized carbons (Fsp3) is 0.700. The zero-order chi connectivity index (χ0) is 17.7. The number of aliphatic imine (C=N–C) groups is 1. The molecule has 0 amide bonds. The molecule has 0 bridgehead atoms. The Kier molecular flexibility index (Phi) is 9.34. The van der Waals surface area contributed by atoms with Crippen molar-refractivity contribution in [3.05, 3.63) is 30.1 Å². The maximum Gasteiger partial charge on any atom is 0.191 e. The van der Waals surface area contributed by atoms with Crippen LogP contribution in [0.15, 0.2) is 29.4 Å². The summed E-state index contributed by atoms with van der Waals surface area (Å²) in [5.41, 5.74) is 1.11. The number of nitrogens with zero attached hydrogens (tertiary/aromatic N) is 3. The van der Waals surface area contributed by atoms with Gasteiger partial charge < -0.3 is 15.5 Å². The fourth-order valence-electron chi connectivity index (χ4n) is 3.41. The fourth-order valence-corrected chi connectivity index (χ4v) is 3.41. The lowest BCUT2D eigenvalue weighted by molar-refractivity contribution is 0.191. The molecule has 0 spiro atoms. The van der Waals surface area contributed by atoms with Crippen LogP contribution in [0.1, 0.15) is 51.1 Å². The van der Waals surface area contributed by atoms with Crippen LogP contribution in [0.3, 0.4) is 0 Å². The van der Waals surface area contributed by atoms with Gasteiger partial charge in [-0.25, -0.2) is 0 Å². The zero-order valence-corrected chi connectivity index (χ0v) is 16.0. The van der Waals surface area contributed by atoms with E-state index < -0.39 is 0 Å². The lowest BCUT2D eigenvalue weighted by Gasteiger charge is -2.31. The summed E-state index contributed by atoms with van der Waals surface area (Å²) < 4.78 is 0. The van der Waals surface area contributed by atoms with E-state index in [-0.39, 0.29) is 0 Å². The SMILES string of the molecule is CCNC(=NCCCN(C)C1CCCCC1)NCCc1ccccn1. The van der Waals surface area contributed by atoms with E-state index in [1.807, 2.05) is 18.3 Å². The summed E-state index contributed by atoms with van der Waals surface area (Å²) >= 11 is 0. The maximum absolute atomic E-state index is 4.71. The Balaban J connectivity index is 1.65. The first-order valence-electron chi connectivity index (χ1n) is 9.92. The number of hydrogen-bond acceptors (Lipinski definition) is 3. The summed E-state index contributed by atoms with van der Waals surface area (Å²) in [6, 6.07) is 6.84. The number of hydrogen-bond donors (Lipinski definition) is 2. The summed E-state index contributed by atoms with van der Waals surface area (Å²) in [5, 5.41) is 6.73. The van der Waals surface area contributed by atoms with Crippen molar-refractivity contribution >= 4 is 5.96 Å². The highest BCUT2D eigenvalue weighted by atomic mass is 15.2. The van der Waals surface area contributed by atoms with E-state index in [1.54, 1.807) is 0 Å². The van der Waals surface area contributed by atoms with Crippen molar-refractivity contribution in [3.8, 4) is 0 Å². The number of guanidine groups is 1. The first-order valence-corrected chi connectivity index (χ1v) is 9.92. The van der Waals surface area contributed by atoms with Gasteiger partial charge in [0.1, 0.15) is 0 Å². The van der Waals surface area contributed by atoms with Crippen LogP contribution >= 0.6 is 0 Å². The Morgan fingerprint density at radius 2 is 2.08 bits per heavy atom. The van der Waals surface area contributed by atoms with Gasteiger partial charge in [-0.05, 0) is 51.9 Å². The molecular weight excluding hydrogens is 310 g/mol. The normalized spacial score (nSPS) is 16.2. The smallest absolute Gasteiger partial charge is 0.191 e. The quantitative estimate of drug-likeness (QED) is 0.410. The van der Waals surface area contributed by atoms with Gasteiger partial charge in [-0.1, -0.05) is 25.3 Å². The molecule has 1 heterocycles. The lowest BCUT2D eigenvalue weighted by atomic mass is 9.94. The minimum absolute atomic E-state index is 0.794. The van der Waals surface area contributed by atoms with Crippen LogP contribution in [0.2, 0.25) is 0 Å². The van der Waals surface area contributed by atoms with Crippen molar-refractivity contribution in [1.82, 2.24) is 20.5 Å². The van der Waals surface area contributed by atoms with E-state index >= 15 is 0 Å². The van der Waals surface area contributed by atoms with Crippen molar-refractivity contribution in [3.63, 3.8) is 0 Å². The summed E-state index contributed by atoms with van der Waals surface area (Å²) in [4.78, 5) is 11.6. The topological polar surface area (TPSA) is 52.6 Å². The van der Waals surface area contributed by atoms with Gasteiger partial charge in [-0.15, -0.1) is 0 Å². The average Bonchev–Trinajstić information content (AvgIpc) is 2.66. The van der Waals surface area contributed by atoms with Crippen LogP contribution in [0.5, 0.6) is 0 Å². The molecule has 2 N–H and O–H groups in total. The van der Waals surface area contributed by atoms with Gasteiger partial charge in [0.2, 0.25) is 0 Å². The van der Waals surface area contributed by atoms with Gasteiger partial charge >= 0.3 is 0 Å². The Morgan fingerprint density at radius 3 is 2.80 bits per heavy atom. The highest BCUT2D eigenvalue weighted by Gasteiger charge is 2.17. The van der Waals surface area contributed by atoms with Crippen LogP contribution in [-0.4, -0.2) is 55.1 Å². The highest BCUT2D eigenvalue weighted by Crippen LogP contribution is 2.21. The van der Waals surface area contributed by atoms with E-state index in [0.717, 1.165) is 56.7 Å². The summed E-state index contributed by atoms with van der Waals surface area (Å²) in [5.74, 6) is 0.916.